The summed E-state index contributed by atoms with van der Waals surface area (Å²) in [5.74, 6) is 0. The minimum Gasteiger partial charge on any atom is -0.409 e. The Bertz CT molecular complexity index is 701. The van der Waals surface area contributed by atoms with E-state index in [2.05, 4.69) is 72.3 Å². The van der Waals surface area contributed by atoms with Crippen LogP contribution in [0, 0.1) is 10.1 Å². The number of hydrogen-bond acceptors (Lipinski definition) is 7. The predicted octanol–water partition coefficient (Wildman–Crippen LogP) is 7.51. The minimum atomic E-state index is -2.20. The van der Waals surface area contributed by atoms with Gasteiger partial charge < -0.3 is 18.0 Å². The molecule has 13 heteroatoms. The van der Waals surface area contributed by atoms with E-state index < -0.39 is 55.5 Å². The van der Waals surface area contributed by atoms with Crippen molar-refractivity contribution in [3.8, 4) is 0 Å². The summed E-state index contributed by atoms with van der Waals surface area (Å²) >= 11 is 0. The van der Waals surface area contributed by atoms with Crippen molar-refractivity contribution < 1.29 is 22.9 Å². The number of ether oxygens (including phenoxy) is 1. The van der Waals surface area contributed by atoms with E-state index in [0.717, 1.165) is 54.4 Å². The van der Waals surface area contributed by atoms with E-state index in [-0.39, 0.29) is 18.0 Å². The van der Waals surface area contributed by atoms with Crippen molar-refractivity contribution in [2.45, 2.75) is 147 Å². The Hall–Kier alpha value is -0.799. The lowest BCUT2D eigenvalue weighted by Crippen LogP contribution is -2.68. The summed E-state index contributed by atoms with van der Waals surface area (Å²) in [4.78, 5) is 14.5. The third-order valence-corrected chi connectivity index (χ3v) is 23.3. The molecule has 0 spiro atoms. The van der Waals surface area contributed by atoms with E-state index in [4.69, 9.17) is 23.5 Å². The van der Waals surface area contributed by atoms with Crippen LogP contribution in [0.15, 0.2) is 5.11 Å². The maximum atomic E-state index is 11.9. The van der Waals surface area contributed by atoms with Gasteiger partial charge in [-0.25, -0.2) is 0 Å². The van der Waals surface area contributed by atoms with Crippen molar-refractivity contribution in [3.63, 3.8) is 0 Å². The molecule has 0 aliphatic carbocycles. The highest BCUT2D eigenvalue weighted by molar-refractivity contribution is 6.74. The van der Waals surface area contributed by atoms with Crippen LogP contribution in [0.3, 0.4) is 0 Å². The van der Waals surface area contributed by atoms with Gasteiger partial charge in [-0.3, -0.25) is 10.1 Å². The second-order valence-electron chi connectivity index (χ2n) is 10.6. The first-order chi connectivity index (χ1) is 18.1. The maximum Gasteiger partial charge on any atom is 0.232 e. The fraction of sp³-hybridized carbons (Fsp3) is 1.00. The van der Waals surface area contributed by atoms with Gasteiger partial charge in [0.25, 0.3) is 0 Å². The molecule has 0 bridgehead atoms. The lowest BCUT2D eigenvalue weighted by Gasteiger charge is -2.52. The Labute approximate surface area is 233 Å². The van der Waals surface area contributed by atoms with Crippen molar-refractivity contribution >= 4 is 25.0 Å². The highest BCUT2D eigenvalue weighted by Gasteiger charge is 2.55. The Morgan fingerprint density at radius 2 is 1.05 bits per heavy atom. The fourth-order valence-corrected chi connectivity index (χ4v) is 14.4. The molecule has 1 aliphatic rings. The van der Waals surface area contributed by atoms with Gasteiger partial charge in [0.05, 0.1) is 18.8 Å². The van der Waals surface area contributed by atoms with E-state index in [9.17, 15) is 10.1 Å². The normalized spacial score (nSPS) is 24.7. The number of hydrogen-bond donors (Lipinski definition) is 0. The SMILES string of the molecule is CC[Si](CC)(CC)O[C@@H]1[C@@H](O[Si](CC)(CC)CC)[C@H](C[N+](=O)[O-])O[C@H](CN=[N+]=[N-])[C@@H]1O[Si](CC)(CC)CC. The maximum absolute atomic E-state index is 11.9. The van der Waals surface area contributed by atoms with E-state index >= 15 is 0 Å². The number of nitrogens with zero attached hydrogens (tertiary/aromatic N) is 4. The number of rotatable bonds is 19. The molecule has 1 fully saturated rings. The summed E-state index contributed by atoms with van der Waals surface area (Å²) in [5, 5.41) is 15.7. The molecular weight excluding hydrogens is 537 g/mol. The number of azide groups is 1. The monoisotopic (exact) mass is 590 g/mol. The molecule has 0 aromatic heterocycles. The van der Waals surface area contributed by atoms with Gasteiger partial charge in [-0.2, -0.15) is 0 Å². The average molecular weight is 591 g/mol. The molecule has 0 N–H and O–H groups in total. The molecule has 0 radical (unpaired) electrons. The lowest BCUT2D eigenvalue weighted by atomic mass is 9.95. The summed E-state index contributed by atoms with van der Waals surface area (Å²) in [6.07, 6.45) is -3.05. The summed E-state index contributed by atoms with van der Waals surface area (Å²) in [5.41, 5.74) is 9.15. The summed E-state index contributed by atoms with van der Waals surface area (Å²) in [6, 6.07) is 8.38. The smallest absolute Gasteiger partial charge is 0.232 e. The van der Waals surface area contributed by atoms with Crippen LogP contribution in [0.5, 0.6) is 0 Å². The third-order valence-electron chi connectivity index (χ3n) is 9.34. The lowest BCUT2D eigenvalue weighted by molar-refractivity contribution is -0.498. The van der Waals surface area contributed by atoms with Gasteiger partial charge in [-0.1, -0.05) is 67.4 Å². The molecule has 222 valence electrons. The second-order valence-corrected chi connectivity index (χ2v) is 24.8. The van der Waals surface area contributed by atoms with Gasteiger partial charge >= 0.3 is 0 Å². The van der Waals surface area contributed by atoms with E-state index in [0.29, 0.717) is 0 Å². The first-order valence-electron chi connectivity index (χ1n) is 14.9. The Kier molecular flexibility index (Phi) is 15.3. The first kappa shape index (κ1) is 35.2. The van der Waals surface area contributed by atoms with Crippen LogP contribution >= 0.6 is 0 Å². The molecule has 0 amide bonds. The Morgan fingerprint density at radius 3 is 1.37 bits per heavy atom. The van der Waals surface area contributed by atoms with Gasteiger partial charge in [0.2, 0.25) is 6.54 Å². The molecule has 0 aromatic carbocycles. The third kappa shape index (κ3) is 8.60. The quantitative estimate of drug-likeness (QED) is 0.0382. The van der Waals surface area contributed by atoms with Gasteiger partial charge in [0, 0.05) is 9.84 Å². The molecule has 1 heterocycles. The Balaban J connectivity index is 3.86. The molecule has 0 unspecified atom stereocenters. The Morgan fingerprint density at radius 1 is 0.711 bits per heavy atom. The molecule has 10 nitrogen and oxygen atoms in total. The van der Waals surface area contributed by atoms with Crippen LogP contribution in [-0.4, -0.2) is 73.5 Å². The predicted molar refractivity (Wildman–Crippen MR) is 161 cm³/mol. The fourth-order valence-electron chi connectivity index (χ4n) is 5.83. The number of nitro groups is 1. The highest BCUT2D eigenvalue weighted by Crippen LogP contribution is 2.39. The van der Waals surface area contributed by atoms with Gasteiger partial charge in [0.15, 0.2) is 25.0 Å². The van der Waals surface area contributed by atoms with Gasteiger partial charge in [0.1, 0.15) is 18.3 Å². The van der Waals surface area contributed by atoms with Crippen LogP contribution in [0.2, 0.25) is 54.4 Å². The van der Waals surface area contributed by atoms with Crippen molar-refractivity contribution in [2.24, 2.45) is 5.11 Å². The molecule has 1 aliphatic heterocycles. The van der Waals surface area contributed by atoms with Crippen LogP contribution < -0.4 is 0 Å². The van der Waals surface area contributed by atoms with E-state index in [1.54, 1.807) is 0 Å². The molecule has 0 aromatic rings. The molecular formula is C25H54N4O6Si3. The van der Waals surface area contributed by atoms with Crippen LogP contribution in [-0.2, 0) is 18.0 Å². The zero-order chi connectivity index (χ0) is 29.0. The highest BCUT2D eigenvalue weighted by atomic mass is 28.4. The van der Waals surface area contributed by atoms with Gasteiger partial charge in [-0.15, -0.1) is 0 Å². The topological polar surface area (TPSA) is 129 Å². The van der Waals surface area contributed by atoms with E-state index in [1.807, 2.05) is 0 Å². The molecule has 38 heavy (non-hydrogen) atoms. The van der Waals surface area contributed by atoms with Crippen LogP contribution in [0.1, 0.15) is 62.3 Å². The van der Waals surface area contributed by atoms with Crippen molar-refractivity contribution in [3.05, 3.63) is 20.6 Å². The molecule has 1 rings (SSSR count). The second kappa shape index (κ2) is 16.5. The van der Waals surface area contributed by atoms with Gasteiger partial charge in [-0.05, 0) is 59.9 Å². The first-order valence-corrected chi connectivity index (χ1v) is 22.5. The molecule has 5 atom stereocenters. The van der Waals surface area contributed by atoms with Crippen molar-refractivity contribution in [2.75, 3.05) is 13.1 Å². The minimum absolute atomic E-state index is 0.0421. The standard InChI is InChI=1S/C25H54N4O6Si3/c1-10-36(11-2,12-3)33-23-21(19-27-28-26)32-22(20-29(30)31)24(34-37(13-4,14-5)15-6)25(23)35-38(16-7,17-8)18-9/h21-25H,10-20H2,1-9H3/t21-,22+,23+,24+,25+/m1/s1. The van der Waals surface area contributed by atoms with E-state index in [1.165, 1.54) is 0 Å². The van der Waals surface area contributed by atoms with Crippen molar-refractivity contribution in [1.29, 1.82) is 0 Å². The van der Waals surface area contributed by atoms with Crippen LogP contribution in [0.4, 0.5) is 0 Å². The van der Waals surface area contributed by atoms with Crippen LogP contribution in [0.25, 0.3) is 10.4 Å². The zero-order valence-corrected chi connectivity index (χ0v) is 28.4. The zero-order valence-electron chi connectivity index (χ0n) is 25.4. The summed E-state index contributed by atoms with van der Waals surface area (Å²) in [6.45, 7) is 19.2. The summed E-state index contributed by atoms with van der Waals surface area (Å²) < 4.78 is 27.9. The largest absolute Gasteiger partial charge is 0.409 e. The average Bonchev–Trinajstić information content (AvgIpc) is 2.94. The summed E-state index contributed by atoms with van der Waals surface area (Å²) in [7, 11) is -6.55. The molecule has 0 saturated carbocycles. The molecule has 1 saturated heterocycles. The van der Waals surface area contributed by atoms with Crippen molar-refractivity contribution in [1.82, 2.24) is 0 Å².